The monoisotopic (exact) mass is 219 g/mol. The van der Waals surface area contributed by atoms with Crippen LogP contribution in [0.25, 0.3) is 11.3 Å². The molecule has 0 radical (unpaired) electrons. The first-order valence-electron chi connectivity index (χ1n) is 5.00. The van der Waals surface area contributed by atoms with Gasteiger partial charge in [-0.15, -0.1) is 0 Å². The van der Waals surface area contributed by atoms with Crippen molar-refractivity contribution in [3.8, 4) is 11.3 Å². The Hall–Kier alpha value is -1.22. The van der Waals surface area contributed by atoms with Gasteiger partial charge in [0.05, 0.1) is 5.69 Å². The third-order valence-corrected chi connectivity index (χ3v) is 2.71. The number of thiol groups is 1. The van der Waals surface area contributed by atoms with Gasteiger partial charge < -0.3 is 4.52 Å². The minimum absolute atomic E-state index is 0.625. The van der Waals surface area contributed by atoms with Crippen LogP contribution in [0, 0.1) is 0 Å². The van der Waals surface area contributed by atoms with E-state index in [1.165, 1.54) is 0 Å². The van der Waals surface area contributed by atoms with Crippen LogP contribution < -0.4 is 0 Å². The molecule has 3 heteroatoms. The molecular weight excluding hydrogens is 206 g/mol. The van der Waals surface area contributed by atoms with Gasteiger partial charge in [0.15, 0.2) is 5.76 Å². The first-order valence-corrected chi connectivity index (χ1v) is 5.63. The minimum Gasteiger partial charge on any atom is -0.356 e. The van der Waals surface area contributed by atoms with Gasteiger partial charge in [-0.05, 0) is 6.42 Å². The Morgan fingerprint density at radius 2 is 2.00 bits per heavy atom. The number of hydrogen-bond acceptors (Lipinski definition) is 3. The molecular formula is C12H13NOS. The van der Waals surface area contributed by atoms with Gasteiger partial charge in [0.2, 0.25) is 0 Å². The summed E-state index contributed by atoms with van der Waals surface area (Å²) in [6, 6.07) is 10.0. The fourth-order valence-electron chi connectivity index (χ4n) is 1.65. The second-order valence-corrected chi connectivity index (χ2v) is 3.63. The van der Waals surface area contributed by atoms with Crippen molar-refractivity contribution >= 4 is 12.6 Å². The molecule has 15 heavy (non-hydrogen) atoms. The quantitative estimate of drug-likeness (QED) is 0.801. The summed E-state index contributed by atoms with van der Waals surface area (Å²) >= 11 is 4.24. The highest BCUT2D eigenvalue weighted by molar-refractivity contribution is 7.79. The van der Waals surface area contributed by atoms with Crippen molar-refractivity contribution in [2.24, 2.45) is 0 Å². The number of nitrogens with zero attached hydrogens (tertiary/aromatic N) is 1. The highest BCUT2D eigenvalue weighted by atomic mass is 32.1. The van der Waals surface area contributed by atoms with Crippen molar-refractivity contribution in [2.45, 2.75) is 19.1 Å². The van der Waals surface area contributed by atoms with Crippen molar-refractivity contribution in [3.63, 3.8) is 0 Å². The Labute approximate surface area is 94.7 Å². The van der Waals surface area contributed by atoms with Crippen LogP contribution in [0.1, 0.15) is 18.2 Å². The molecule has 1 aromatic heterocycles. The van der Waals surface area contributed by atoms with Crippen molar-refractivity contribution in [1.82, 2.24) is 5.16 Å². The second-order valence-electron chi connectivity index (χ2n) is 3.31. The Balaban J connectivity index is 2.49. The lowest BCUT2D eigenvalue weighted by molar-refractivity contribution is 0.426. The Morgan fingerprint density at radius 1 is 1.27 bits per heavy atom. The van der Waals surface area contributed by atoms with E-state index in [9.17, 15) is 0 Å². The lowest BCUT2D eigenvalue weighted by atomic mass is 10.1. The standard InChI is InChI=1S/C12H13NOS/c1-2-10-11(8-15)13-14-12(10)9-6-4-3-5-7-9/h3-7,15H,2,8H2,1H3. The molecule has 0 bridgehead atoms. The van der Waals surface area contributed by atoms with E-state index < -0.39 is 0 Å². The van der Waals surface area contributed by atoms with Gasteiger partial charge in [-0.25, -0.2) is 0 Å². The summed E-state index contributed by atoms with van der Waals surface area (Å²) in [5, 5.41) is 4.03. The van der Waals surface area contributed by atoms with E-state index >= 15 is 0 Å². The van der Waals surface area contributed by atoms with Gasteiger partial charge >= 0.3 is 0 Å². The summed E-state index contributed by atoms with van der Waals surface area (Å²) in [5.74, 6) is 1.50. The molecule has 0 aliphatic carbocycles. The lowest BCUT2D eigenvalue weighted by Crippen LogP contribution is -1.87. The van der Waals surface area contributed by atoms with Crippen LogP contribution in [0.5, 0.6) is 0 Å². The molecule has 0 saturated carbocycles. The van der Waals surface area contributed by atoms with E-state index in [1.807, 2.05) is 30.3 Å². The summed E-state index contributed by atoms with van der Waals surface area (Å²) in [6.45, 7) is 2.10. The van der Waals surface area contributed by atoms with Crippen LogP contribution in [0.15, 0.2) is 34.9 Å². The fourth-order valence-corrected chi connectivity index (χ4v) is 1.90. The van der Waals surface area contributed by atoms with Crippen LogP contribution in [0.4, 0.5) is 0 Å². The first-order chi connectivity index (χ1) is 7.36. The number of aromatic nitrogens is 1. The molecule has 0 amide bonds. The molecule has 0 spiro atoms. The minimum atomic E-state index is 0.625. The maximum Gasteiger partial charge on any atom is 0.170 e. The molecule has 2 aromatic rings. The van der Waals surface area contributed by atoms with E-state index in [4.69, 9.17) is 4.52 Å². The molecule has 0 fully saturated rings. The molecule has 0 aliphatic heterocycles. The zero-order valence-electron chi connectivity index (χ0n) is 8.60. The van der Waals surface area contributed by atoms with Gasteiger partial charge in [-0.1, -0.05) is 42.4 Å². The van der Waals surface area contributed by atoms with E-state index in [0.717, 1.165) is 29.0 Å². The summed E-state index contributed by atoms with van der Waals surface area (Å²) < 4.78 is 5.36. The normalized spacial score (nSPS) is 10.5. The molecule has 0 atom stereocenters. The van der Waals surface area contributed by atoms with Crippen LogP contribution >= 0.6 is 12.6 Å². The molecule has 1 heterocycles. The molecule has 78 valence electrons. The van der Waals surface area contributed by atoms with Gasteiger partial charge in [0, 0.05) is 16.9 Å². The molecule has 1 aromatic carbocycles. The van der Waals surface area contributed by atoms with Crippen LogP contribution in [0.3, 0.4) is 0 Å². The predicted molar refractivity (Wildman–Crippen MR) is 64.0 cm³/mol. The van der Waals surface area contributed by atoms with Crippen molar-refractivity contribution in [1.29, 1.82) is 0 Å². The highest BCUT2D eigenvalue weighted by Gasteiger charge is 2.14. The van der Waals surface area contributed by atoms with E-state index in [0.29, 0.717) is 5.75 Å². The zero-order chi connectivity index (χ0) is 10.7. The van der Waals surface area contributed by atoms with Gasteiger partial charge in [-0.2, -0.15) is 12.6 Å². The van der Waals surface area contributed by atoms with E-state index in [-0.39, 0.29) is 0 Å². The third-order valence-electron chi connectivity index (χ3n) is 2.41. The number of hydrogen-bond donors (Lipinski definition) is 1. The van der Waals surface area contributed by atoms with Crippen molar-refractivity contribution in [2.75, 3.05) is 0 Å². The molecule has 0 unspecified atom stereocenters. The Bertz CT molecular complexity index is 436. The summed E-state index contributed by atoms with van der Waals surface area (Å²) in [5.41, 5.74) is 3.19. The number of rotatable bonds is 3. The van der Waals surface area contributed by atoms with E-state index in [2.05, 4.69) is 24.7 Å². The first kappa shape index (κ1) is 10.3. The van der Waals surface area contributed by atoms with Crippen LogP contribution in [-0.2, 0) is 12.2 Å². The third kappa shape index (κ3) is 1.92. The highest BCUT2D eigenvalue weighted by Crippen LogP contribution is 2.27. The van der Waals surface area contributed by atoms with Gasteiger partial charge in [0.1, 0.15) is 0 Å². The maximum atomic E-state index is 5.36. The number of benzene rings is 1. The van der Waals surface area contributed by atoms with Crippen molar-refractivity contribution in [3.05, 3.63) is 41.6 Å². The molecule has 0 N–H and O–H groups in total. The molecule has 0 aliphatic rings. The largest absolute Gasteiger partial charge is 0.356 e. The topological polar surface area (TPSA) is 26.0 Å². The van der Waals surface area contributed by atoms with E-state index in [1.54, 1.807) is 0 Å². The van der Waals surface area contributed by atoms with Gasteiger partial charge in [-0.3, -0.25) is 0 Å². The van der Waals surface area contributed by atoms with Crippen LogP contribution in [0.2, 0.25) is 0 Å². The SMILES string of the molecule is CCc1c(CS)noc1-c1ccccc1. The summed E-state index contributed by atoms with van der Waals surface area (Å²) in [7, 11) is 0. The lowest BCUT2D eigenvalue weighted by Gasteiger charge is -1.99. The predicted octanol–water partition coefficient (Wildman–Crippen LogP) is 3.33. The molecule has 2 rings (SSSR count). The maximum absolute atomic E-state index is 5.36. The Kier molecular flexibility index (Phi) is 3.11. The molecule has 0 saturated heterocycles. The summed E-state index contributed by atoms with van der Waals surface area (Å²) in [6.07, 6.45) is 0.920. The summed E-state index contributed by atoms with van der Waals surface area (Å²) in [4.78, 5) is 0. The van der Waals surface area contributed by atoms with Crippen molar-refractivity contribution < 1.29 is 4.52 Å². The smallest absolute Gasteiger partial charge is 0.170 e. The Morgan fingerprint density at radius 3 is 2.60 bits per heavy atom. The fraction of sp³-hybridized carbons (Fsp3) is 0.250. The zero-order valence-corrected chi connectivity index (χ0v) is 9.50. The average molecular weight is 219 g/mol. The average Bonchev–Trinajstić information content (AvgIpc) is 2.72. The van der Waals surface area contributed by atoms with Gasteiger partial charge in [0.25, 0.3) is 0 Å². The second kappa shape index (κ2) is 4.53. The molecule has 2 nitrogen and oxygen atoms in total. The van der Waals surface area contributed by atoms with Crippen LogP contribution in [-0.4, -0.2) is 5.16 Å².